The predicted molar refractivity (Wildman–Crippen MR) is 152 cm³/mol. The lowest BCUT2D eigenvalue weighted by Gasteiger charge is -2.37. The third kappa shape index (κ3) is 6.79. The highest BCUT2D eigenvalue weighted by Gasteiger charge is 2.46. The molecule has 0 aromatic heterocycles. The zero-order valence-corrected chi connectivity index (χ0v) is 22.3. The third-order valence-corrected chi connectivity index (χ3v) is 6.47. The van der Waals surface area contributed by atoms with E-state index in [1.54, 1.807) is 121 Å². The average Bonchev–Trinajstić information content (AvgIpc) is 3.05. The molecule has 0 heterocycles. The minimum atomic E-state index is -1.36. The Morgan fingerprint density at radius 2 is 0.595 bits per heavy atom. The van der Waals surface area contributed by atoms with Crippen LogP contribution in [0.5, 0.6) is 0 Å². The van der Waals surface area contributed by atoms with Crippen molar-refractivity contribution in [2.75, 3.05) is 0 Å². The molecule has 0 saturated heterocycles. The van der Waals surface area contributed by atoms with Crippen LogP contribution in [0.15, 0.2) is 133 Å². The van der Waals surface area contributed by atoms with Gasteiger partial charge in [0.1, 0.15) is 0 Å². The standard InChI is InChI=1S/C34H26O8/c35-31(23-13-5-1-6-14-23)39-27-21-22-28(40-32(36)24-15-7-2-8-16-24)30(42-34(38)26-19-11-4-12-20-26)29(27)41-33(37)25-17-9-3-10-18-25/h1-22,27-30H/t27-,28-,29+,30+/m0/s1. The van der Waals surface area contributed by atoms with Crippen LogP contribution < -0.4 is 0 Å². The summed E-state index contributed by atoms with van der Waals surface area (Å²) in [5.74, 6) is -2.85. The highest BCUT2D eigenvalue weighted by atomic mass is 16.6. The number of hydrogen-bond acceptors (Lipinski definition) is 8. The van der Waals surface area contributed by atoms with E-state index < -0.39 is 48.3 Å². The summed E-state index contributed by atoms with van der Waals surface area (Å²) in [6.07, 6.45) is -2.16. The minimum absolute atomic E-state index is 0.228. The SMILES string of the molecule is O=C(O[C@H]1[C@H](OC(=O)c2ccccc2)[C@@H](OC(=O)c2ccccc2)C=C[C@@H]1OC(=O)c1ccccc1)c1ccccc1. The molecular weight excluding hydrogens is 536 g/mol. The molecule has 0 radical (unpaired) electrons. The molecule has 4 atom stereocenters. The number of ether oxygens (including phenoxy) is 4. The maximum Gasteiger partial charge on any atom is 0.338 e. The van der Waals surface area contributed by atoms with Crippen LogP contribution in [0, 0.1) is 0 Å². The highest BCUT2D eigenvalue weighted by Crippen LogP contribution is 2.28. The van der Waals surface area contributed by atoms with E-state index >= 15 is 0 Å². The van der Waals surface area contributed by atoms with Crippen molar-refractivity contribution in [3.8, 4) is 0 Å². The molecule has 42 heavy (non-hydrogen) atoms. The van der Waals surface area contributed by atoms with E-state index in [4.69, 9.17) is 18.9 Å². The van der Waals surface area contributed by atoms with E-state index in [1.165, 1.54) is 12.2 Å². The minimum Gasteiger partial charge on any atom is -0.450 e. The Balaban J connectivity index is 1.50. The monoisotopic (exact) mass is 562 g/mol. The van der Waals surface area contributed by atoms with Gasteiger partial charge in [0.2, 0.25) is 0 Å². The van der Waals surface area contributed by atoms with Crippen LogP contribution in [0.4, 0.5) is 0 Å². The Labute approximate surface area is 242 Å². The number of carbonyl (C=O) groups excluding carboxylic acids is 4. The van der Waals surface area contributed by atoms with E-state index in [1.807, 2.05) is 0 Å². The molecule has 0 bridgehead atoms. The molecule has 1 aliphatic rings. The van der Waals surface area contributed by atoms with Crippen molar-refractivity contribution < 1.29 is 38.1 Å². The molecule has 210 valence electrons. The van der Waals surface area contributed by atoms with Gasteiger partial charge in [0.15, 0.2) is 24.4 Å². The number of rotatable bonds is 8. The Bertz CT molecular complexity index is 1430. The molecular formula is C34H26O8. The van der Waals surface area contributed by atoms with E-state index in [0.29, 0.717) is 0 Å². The quantitative estimate of drug-likeness (QED) is 0.158. The summed E-state index contributed by atoms with van der Waals surface area (Å²) in [7, 11) is 0. The molecule has 5 rings (SSSR count). The number of esters is 4. The lowest BCUT2D eigenvalue weighted by Crippen LogP contribution is -2.53. The summed E-state index contributed by atoms with van der Waals surface area (Å²) >= 11 is 0. The molecule has 4 aromatic rings. The van der Waals surface area contributed by atoms with Crippen LogP contribution in [0.1, 0.15) is 41.4 Å². The van der Waals surface area contributed by atoms with E-state index in [2.05, 4.69) is 0 Å². The van der Waals surface area contributed by atoms with Gasteiger partial charge in [-0.05, 0) is 60.7 Å². The largest absolute Gasteiger partial charge is 0.450 e. The summed E-state index contributed by atoms with van der Waals surface area (Å²) in [6.45, 7) is 0. The number of carbonyl (C=O) groups is 4. The second-order valence-corrected chi connectivity index (χ2v) is 9.33. The summed E-state index contributed by atoms with van der Waals surface area (Å²) in [4.78, 5) is 52.5. The summed E-state index contributed by atoms with van der Waals surface area (Å²) in [5, 5.41) is 0. The van der Waals surface area contributed by atoms with E-state index in [-0.39, 0.29) is 22.3 Å². The molecule has 0 aliphatic heterocycles. The van der Waals surface area contributed by atoms with Crippen LogP contribution in [0.3, 0.4) is 0 Å². The first-order valence-corrected chi connectivity index (χ1v) is 13.2. The fourth-order valence-electron chi connectivity index (χ4n) is 4.36. The Kier molecular flexibility index (Phi) is 8.84. The van der Waals surface area contributed by atoms with Crippen molar-refractivity contribution in [1.82, 2.24) is 0 Å². The van der Waals surface area contributed by atoms with Gasteiger partial charge >= 0.3 is 23.9 Å². The summed E-state index contributed by atoms with van der Waals surface area (Å²) < 4.78 is 23.2. The van der Waals surface area contributed by atoms with Gasteiger partial charge in [0.25, 0.3) is 0 Å². The summed E-state index contributed by atoms with van der Waals surface area (Å²) in [5.41, 5.74) is 1.00. The maximum atomic E-state index is 13.2. The predicted octanol–water partition coefficient (Wildman–Crippen LogP) is 5.46. The second-order valence-electron chi connectivity index (χ2n) is 9.33. The smallest absolute Gasteiger partial charge is 0.338 e. The van der Waals surface area contributed by atoms with Gasteiger partial charge in [-0.15, -0.1) is 0 Å². The first-order chi connectivity index (χ1) is 20.5. The lowest BCUT2D eigenvalue weighted by molar-refractivity contribution is -0.111. The lowest BCUT2D eigenvalue weighted by atomic mass is 9.94. The fraction of sp³-hybridized carbons (Fsp3) is 0.118. The van der Waals surface area contributed by atoms with Gasteiger partial charge in [-0.2, -0.15) is 0 Å². The van der Waals surface area contributed by atoms with Gasteiger partial charge in [-0.3, -0.25) is 0 Å². The van der Waals surface area contributed by atoms with Crippen LogP contribution in [0.2, 0.25) is 0 Å². The zero-order valence-electron chi connectivity index (χ0n) is 22.3. The fourth-order valence-corrected chi connectivity index (χ4v) is 4.36. The normalized spacial score (nSPS) is 19.2. The van der Waals surface area contributed by atoms with Crippen molar-refractivity contribution in [1.29, 1.82) is 0 Å². The number of benzene rings is 4. The third-order valence-electron chi connectivity index (χ3n) is 6.47. The second kappa shape index (κ2) is 13.2. The van der Waals surface area contributed by atoms with Gasteiger partial charge in [0, 0.05) is 0 Å². The molecule has 0 fully saturated rings. The summed E-state index contributed by atoms with van der Waals surface area (Å²) in [6, 6.07) is 33.0. The Hall–Kier alpha value is -5.50. The molecule has 0 N–H and O–H groups in total. The molecule has 8 nitrogen and oxygen atoms in total. The van der Waals surface area contributed by atoms with Crippen molar-refractivity contribution in [2.45, 2.75) is 24.4 Å². The first-order valence-electron chi connectivity index (χ1n) is 13.2. The van der Waals surface area contributed by atoms with Gasteiger partial charge in [-0.1, -0.05) is 72.8 Å². The Morgan fingerprint density at radius 3 is 0.857 bits per heavy atom. The molecule has 4 aromatic carbocycles. The van der Waals surface area contributed by atoms with E-state index in [0.717, 1.165) is 0 Å². The Morgan fingerprint density at radius 1 is 0.357 bits per heavy atom. The molecule has 0 amide bonds. The van der Waals surface area contributed by atoms with Crippen LogP contribution in [-0.4, -0.2) is 48.3 Å². The molecule has 0 saturated carbocycles. The van der Waals surface area contributed by atoms with Crippen molar-refractivity contribution in [3.05, 3.63) is 156 Å². The van der Waals surface area contributed by atoms with Gasteiger partial charge in [-0.25, -0.2) is 19.2 Å². The molecule has 1 aliphatic carbocycles. The first kappa shape index (κ1) is 28.0. The van der Waals surface area contributed by atoms with E-state index in [9.17, 15) is 19.2 Å². The zero-order chi connectivity index (χ0) is 29.3. The average molecular weight is 563 g/mol. The van der Waals surface area contributed by atoms with Crippen LogP contribution in [0.25, 0.3) is 0 Å². The molecule has 8 heteroatoms. The topological polar surface area (TPSA) is 105 Å². The van der Waals surface area contributed by atoms with Gasteiger partial charge < -0.3 is 18.9 Å². The van der Waals surface area contributed by atoms with Crippen molar-refractivity contribution >= 4 is 23.9 Å². The maximum absolute atomic E-state index is 13.2. The van der Waals surface area contributed by atoms with Crippen LogP contribution in [-0.2, 0) is 18.9 Å². The molecule has 0 spiro atoms. The van der Waals surface area contributed by atoms with Crippen molar-refractivity contribution in [2.24, 2.45) is 0 Å². The van der Waals surface area contributed by atoms with Crippen molar-refractivity contribution in [3.63, 3.8) is 0 Å². The molecule has 0 unspecified atom stereocenters. The van der Waals surface area contributed by atoms with Gasteiger partial charge in [0.05, 0.1) is 22.3 Å². The highest BCUT2D eigenvalue weighted by molar-refractivity contribution is 5.92. The number of hydrogen-bond donors (Lipinski definition) is 0. The van der Waals surface area contributed by atoms with Crippen LogP contribution >= 0.6 is 0 Å².